The molecule has 2 aromatic carbocycles. The number of benzene rings is 2. The van der Waals surface area contributed by atoms with Crippen molar-refractivity contribution in [2.75, 3.05) is 7.11 Å². The zero-order valence-corrected chi connectivity index (χ0v) is 11.6. The summed E-state index contributed by atoms with van der Waals surface area (Å²) in [5.41, 5.74) is 1.30. The maximum Gasteiger partial charge on any atom is 0.166 e. The normalized spacial score (nSPS) is 10.4. The smallest absolute Gasteiger partial charge is 0.166 e. The van der Waals surface area contributed by atoms with Crippen molar-refractivity contribution in [3.63, 3.8) is 0 Å². The lowest BCUT2D eigenvalue weighted by atomic mass is 10.2. The first-order chi connectivity index (χ1) is 9.65. The minimum absolute atomic E-state index is 0.0987. The Balaban J connectivity index is 2.19. The Morgan fingerprint density at radius 3 is 2.55 bits per heavy atom. The van der Waals surface area contributed by atoms with Crippen LogP contribution < -0.4 is 9.47 Å². The molecule has 2 aromatic rings. The average molecular weight is 299 g/mol. The highest BCUT2D eigenvalue weighted by Crippen LogP contribution is 2.32. The van der Waals surface area contributed by atoms with Crippen molar-refractivity contribution in [3.05, 3.63) is 59.2 Å². The maximum atomic E-state index is 13.1. The van der Waals surface area contributed by atoms with E-state index in [9.17, 15) is 8.78 Å². The molecule has 0 N–H and O–H groups in total. The standard InChI is InChI=1S/C15H13ClF2O2/c1-19-14-4-2-3-11(8-16)15(14)20-9-10-5-6-12(17)13(18)7-10/h2-7H,8-9H2,1H3. The third-order valence-corrected chi connectivity index (χ3v) is 3.08. The molecule has 2 rings (SSSR count). The zero-order chi connectivity index (χ0) is 14.5. The molecule has 0 amide bonds. The van der Waals surface area contributed by atoms with Gasteiger partial charge in [0.15, 0.2) is 23.1 Å². The first-order valence-corrected chi connectivity index (χ1v) is 6.47. The zero-order valence-electron chi connectivity index (χ0n) is 10.8. The van der Waals surface area contributed by atoms with Crippen LogP contribution in [0.3, 0.4) is 0 Å². The van der Waals surface area contributed by atoms with Crippen LogP contribution in [0.15, 0.2) is 36.4 Å². The van der Waals surface area contributed by atoms with E-state index < -0.39 is 11.6 Å². The first-order valence-electron chi connectivity index (χ1n) is 5.94. The van der Waals surface area contributed by atoms with E-state index in [1.54, 1.807) is 12.1 Å². The van der Waals surface area contributed by atoms with Crippen molar-refractivity contribution in [1.29, 1.82) is 0 Å². The molecular weight excluding hydrogens is 286 g/mol. The largest absolute Gasteiger partial charge is 0.493 e. The Kier molecular flexibility index (Phi) is 4.79. The molecule has 20 heavy (non-hydrogen) atoms. The van der Waals surface area contributed by atoms with Crippen LogP contribution in [0.4, 0.5) is 8.78 Å². The molecule has 0 aliphatic carbocycles. The molecule has 0 atom stereocenters. The van der Waals surface area contributed by atoms with E-state index in [4.69, 9.17) is 21.1 Å². The molecule has 0 saturated carbocycles. The minimum Gasteiger partial charge on any atom is -0.493 e. The molecule has 0 saturated heterocycles. The molecular formula is C15H13ClF2O2. The molecule has 106 valence electrons. The number of ether oxygens (including phenoxy) is 2. The Labute approximate surface area is 120 Å². The molecule has 0 aliphatic heterocycles. The van der Waals surface area contributed by atoms with Crippen LogP contribution in [0.25, 0.3) is 0 Å². The molecule has 0 aliphatic rings. The van der Waals surface area contributed by atoms with Crippen molar-refractivity contribution in [2.24, 2.45) is 0 Å². The van der Waals surface area contributed by atoms with E-state index >= 15 is 0 Å². The summed E-state index contributed by atoms with van der Waals surface area (Å²) in [4.78, 5) is 0. The summed E-state index contributed by atoms with van der Waals surface area (Å²) >= 11 is 5.84. The first kappa shape index (κ1) is 14.6. The Bertz CT molecular complexity index is 580. The highest BCUT2D eigenvalue weighted by atomic mass is 35.5. The van der Waals surface area contributed by atoms with Crippen molar-refractivity contribution >= 4 is 11.6 Å². The fourth-order valence-corrected chi connectivity index (χ4v) is 1.99. The van der Waals surface area contributed by atoms with Gasteiger partial charge in [0, 0.05) is 5.56 Å². The summed E-state index contributed by atoms with van der Waals surface area (Å²) in [7, 11) is 1.53. The summed E-state index contributed by atoms with van der Waals surface area (Å²) in [6.07, 6.45) is 0. The molecule has 0 bridgehead atoms. The highest BCUT2D eigenvalue weighted by molar-refractivity contribution is 6.17. The Morgan fingerprint density at radius 1 is 1.10 bits per heavy atom. The van der Waals surface area contributed by atoms with Gasteiger partial charge in [-0.15, -0.1) is 11.6 Å². The molecule has 0 unspecified atom stereocenters. The molecule has 0 heterocycles. The molecule has 0 spiro atoms. The van der Waals surface area contributed by atoms with Gasteiger partial charge in [-0.25, -0.2) is 8.78 Å². The van der Waals surface area contributed by atoms with Crippen LogP contribution in [-0.4, -0.2) is 7.11 Å². The Morgan fingerprint density at radius 2 is 1.90 bits per heavy atom. The third-order valence-electron chi connectivity index (χ3n) is 2.79. The van der Waals surface area contributed by atoms with Gasteiger partial charge in [0.1, 0.15) is 6.61 Å². The van der Waals surface area contributed by atoms with Gasteiger partial charge >= 0.3 is 0 Å². The number of para-hydroxylation sites is 1. The third kappa shape index (κ3) is 3.20. The molecule has 5 heteroatoms. The lowest BCUT2D eigenvalue weighted by Gasteiger charge is -2.14. The molecule has 0 radical (unpaired) electrons. The fraction of sp³-hybridized carbons (Fsp3) is 0.200. The van der Waals surface area contributed by atoms with Gasteiger partial charge in [0.2, 0.25) is 0 Å². The average Bonchev–Trinajstić information content (AvgIpc) is 2.48. The summed E-state index contributed by atoms with van der Waals surface area (Å²) < 4.78 is 36.8. The maximum absolute atomic E-state index is 13.1. The lowest BCUT2D eigenvalue weighted by molar-refractivity contribution is 0.281. The van der Waals surface area contributed by atoms with Crippen LogP contribution in [0.2, 0.25) is 0 Å². The van der Waals surface area contributed by atoms with Crippen molar-refractivity contribution in [1.82, 2.24) is 0 Å². The van der Waals surface area contributed by atoms with Crippen LogP contribution in [0.5, 0.6) is 11.5 Å². The van der Waals surface area contributed by atoms with Gasteiger partial charge in [-0.3, -0.25) is 0 Å². The second-order valence-electron chi connectivity index (χ2n) is 4.12. The van der Waals surface area contributed by atoms with Gasteiger partial charge < -0.3 is 9.47 Å². The van der Waals surface area contributed by atoms with E-state index in [-0.39, 0.29) is 12.5 Å². The van der Waals surface area contributed by atoms with Crippen molar-refractivity contribution in [2.45, 2.75) is 12.5 Å². The quantitative estimate of drug-likeness (QED) is 0.767. The van der Waals surface area contributed by atoms with Gasteiger partial charge in [-0.05, 0) is 23.8 Å². The second kappa shape index (κ2) is 6.57. The number of halogens is 3. The number of alkyl halides is 1. The Hall–Kier alpha value is -1.81. The number of hydrogen-bond donors (Lipinski definition) is 0. The summed E-state index contributed by atoms with van der Waals surface area (Å²) in [5, 5.41) is 0. The van der Waals surface area contributed by atoms with E-state index in [2.05, 4.69) is 0 Å². The van der Waals surface area contributed by atoms with E-state index in [0.717, 1.165) is 17.7 Å². The predicted octanol–water partition coefficient (Wildman–Crippen LogP) is 4.29. The van der Waals surface area contributed by atoms with Crippen molar-refractivity contribution < 1.29 is 18.3 Å². The lowest BCUT2D eigenvalue weighted by Crippen LogP contribution is -2.01. The van der Waals surface area contributed by atoms with Crippen LogP contribution in [0, 0.1) is 11.6 Å². The van der Waals surface area contributed by atoms with Gasteiger partial charge in [0.25, 0.3) is 0 Å². The predicted molar refractivity (Wildman–Crippen MR) is 73.2 cm³/mol. The van der Waals surface area contributed by atoms with Crippen LogP contribution >= 0.6 is 11.6 Å². The van der Waals surface area contributed by atoms with E-state index in [1.165, 1.54) is 13.2 Å². The summed E-state index contributed by atoms with van der Waals surface area (Å²) in [5.74, 6) is -0.457. The summed E-state index contributed by atoms with van der Waals surface area (Å²) in [6.45, 7) is 0.0987. The second-order valence-corrected chi connectivity index (χ2v) is 4.39. The van der Waals surface area contributed by atoms with Gasteiger partial charge in [0.05, 0.1) is 13.0 Å². The number of rotatable bonds is 5. The summed E-state index contributed by atoms with van der Waals surface area (Å²) in [6, 6.07) is 9.01. The van der Waals surface area contributed by atoms with E-state index in [0.29, 0.717) is 17.1 Å². The number of hydrogen-bond acceptors (Lipinski definition) is 2. The number of methoxy groups -OCH3 is 1. The monoisotopic (exact) mass is 298 g/mol. The SMILES string of the molecule is COc1cccc(CCl)c1OCc1ccc(F)c(F)c1. The van der Waals surface area contributed by atoms with Gasteiger partial charge in [-0.1, -0.05) is 18.2 Å². The topological polar surface area (TPSA) is 18.5 Å². The molecule has 0 fully saturated rings. The van der Waals surface area contributed by atoms with Gasteiger partial charge in [-0.2, -0.15) is 0 Å². The van der Waals surface area contributed by atoms with E-state index in [1.807, 2.05) is 6.07 Å². The molecule has 2 nitrogen and oxygen atoms in total. The minimum atomic E-state index is -0.899. The van der Waals surface area contributed by atoms with Crippen LogP contribution in [-0.2, 0) is 12.5 Å². The van der Waals surface area contributed by atoms with Crippen molar-refractivity contribution in [3.8, 4) is 11.5 Å². The highest BCUT2D eigenvalue weighted by Gasteiger charge is 2.11. The fourth-order valence-electron chi connectivity index (χ4n) is 1.78. The van der Waals surface area contributed by atoms with Crippen LogP contribution in [0.1, 0.15) is 11.1 Å². The molecule has 0 aromatic heterocycles.